The number of hydrogen-bond acceptors (Lipinski definition) is 2. The van der Waals surface area contributed by atoms with Crippen LogP contribution in [-0.4, -0.2) is 36.3 Å². The Bertz CT molecular complexity index is 610. The van der Waals surface area contributed by atoms with Gasteiger partial charge in [0, 0.05) is 39.6 Å². The summed E-state index contributed by atoms with van der Waals surface area (Å²) >= 11 is 0. The molecular weight excluding hydrogens is 284 g/mol. The fourth-order valence-corrected chi connectivity index (χ4v) is 5.20. The number of rotatable bonds is 5. The van der Waals surface area contributed by atoms with E-state index in [4.69, 9.17) is 0 Å². The Morgan fingerprint density at radius 2 is 1.23 bits per heavy atom. The minimum absolute atomic E-state index is 1.24. The molecule has 2 rings (SSSR count). The third-order valence-electron chi connectivity index (χ3n) is 4.33. The van der Waals surface area contributed by atoms with Gasteiger partial charge in [-0.05, 0) is 34.6 Å². The van der Waals surface area contributed by atoms with Crippen LogP contribution < -0.4 is 20.2 Å². The molecule has 116 valence electrons. The average molecular weight is 311 g/mol. The lowest BCUT2D eigenvalue weighted by atomic mass is 10.3. The molecule has 2 aromatic rings. The van der Waals surface area contributed by atoms with Crippen molar-refractivity contribution in [3.05, 3.63) is 60.8 Å². The van der Waals surface area contributed by atoms with E-state index in [1.807, 2.05) is 0 Å². The summed E-state index contributed by atoms with van der Waals surface area (Å²) in [6.45, 7) is 6.53. The van der Waals surface area contributed by atoms with Gasteiger partial charge in [0.1, 0.15) is 8.07 Å². The van der Waals surface area contributed by atoms with Crippen LogP contribution in [0, 0.1) is 0 Å². The van der Waals surface area contributed by atoms with Gasteiger partial charge in [0.2, 0.25) is 0 Å². The summed E-state index contributed by atoms with van der Waals surface area (Å²) in [5.74, 6) is 0. The van der Waals surface area contributed by atoms with Crippen LogP contribution in [0.2, 0.25) is 6.55 Å². The first kappa shape index (κ1) is 16.4. The molecule has 0 atom stereocenters. The molecule has 0 heterocycles. The third-order valence-corrected chi connectivity index (χ3v) is 8.17. The largest absolute Gasteiger partial charge is 0.378 e. The van der Waals surface area contributed by atoms with E-state index in [1.54, 1.807) is 0 Å². The van der Waals surface area contributed by atoms with Crippen molar-refractivity contribution in [1.82, 2.24) is 0 Å². The predicted octanol–water partition coefficient (Wildman–Crippen LogP) is 2.74. The summed E-state index contributed by atoms with van der Waals surface area (Å²) in [4.78, 5) is 4.30. The van der Waals surface area contributed by atoms with Crippen molar-refractivity contribution in [3.63, 3.8) is 0 Å². The van der Waals surface area contributed by atoms with Crippen molar-refractivity contribution in [2.24, 2.45) is 0 Å². The smallest absolute Gasteiger partial charge is 0.137 e. The highest BCUT2D eigenvalue weighted by atomic mass is 28.3. The topological polar surface area (TPSA) is 6.48 Å². The fourth-order valence-electron chi connectivity index (χ4n) is 2.62. The molecule has 2 aromatic carbocycles. The van der Waals surface area contributed by atoms with Crippen LogP contribution in [0.1, 0.15) is 0 Å². The molecule has 0 spiro atoms. The molecule has 22 heavy (non-hydrogen) atoms. The normalized spacial score (nSPS) is 11.1. The van der Waals surface area contributed by atoms with Crippen molar-refractivity contribution in [2.45, 2.75) is 6.55 Å². The maximum absolute atomic E-state index is 4.17. The zero-order valence-electron chi connectivity index (χ0n) is 14.3. The minimum atomic E-state index is -1.92. The van der Waals surface area contributed by atoms with E-state index in [2.05, 4.69) is 105 Å². The second-order valence-corrected chi connectivity index (χ2v) is 10.3. The Balaban J connectivity index is 2.55. The lowest BCUT2D eigenvalue weighted by molar-refractivity contribution is 1.13. The summed E-state index contributed by atoms with van der Waals surface area (Å²) in [5, 5.41) is 2.79. The number of anilines is 2. The van der Waals surface area contributed by atoms with Gasteiger partial charge in [0.15, 0.2) is 0 Å². The molecule has 0 aliphatic rings. The molecule has 0 saturated heterocycles. The Morgan fingerprint density at radius 1 is 0.818 bits per heavy atom. The summed E-state index contributed by atoms with van der Waals surface area (Å²) in [7, 11) is 6.41. The van der Waals surface area contributed by atoms with Crippen LogP contribution >= 0.6 is 0 Å². The Hall–Kier alpha value is -2.00. The van der Waals surface area contributed by atoms with Crippen LogP contribution in [0.4, 0.5) is 11.4 Å². The summed E-state index contributed by atoms with van der Waals surface area (Å²) in [6, 6.07) is 17.7. The number of benzene rings is 2. The molecule has 3 heteroatoms. The molecule has 0 amide bonds. The molecule has 0 aliphatic carbocycles. The van der Waals surface area contributed by atoms with E-state index in [-0.39, 0.29) is 0 Å². The van der Waals surface area contributed by atoms with Gasteiger partial charge < -0.3 is 9.80 Å². The average Bonchev–Trinajstić information content (AvgIpc) is 2.54. The van der Waals surface area contributed by atoms with Crippen molar-refractivity contribution < 1.29 is 0 Å². The first-order valence-electron chi connectivity index (χ1n) is 7.58. The Kier molecular flexibility index (Phi) is 4.76. The van der Waals surface area contributed by atoms with Crippen molar-refractivity contribution in [2.75, 3.05) is 38.0 Å². The highest BCUT2D eigenvalue weighted by molar-refractivity contribution is 7.05. The van der Waals surface area contributed by atoms with Crippen molar-refractivity contribution in [3.8, 4) is 0 Å². The molecule has 0 saturated carbocycles. The standard InChI is InChI=1S/C19H26N2Si/c1-7-22(6,18-12-8-10-16(14-18)20(2)3)19-13-9-11-17(15-19)21(4)5/h7-15H,1H2,2-6H3. The van der Waals surface area contributed by atoms with Crippen LogP contribution in [-0.2, 0) is 0 Å². The van der Waals surface area contributed by atoms with Gasteiger partial charge in [-0.3, -0.25) is 0 Å². The lowest BCUT2D eigenvalue weighted by Crippen LogP contribution is -2.54. The monoisotopic (exact) mass is 310 g/mol. The molecule has 2 nitrogen and oxygen atoms in total. The SMILES string of the molecule is C=C[Si](C)(c1cccc(N(C)C)c1)c1cccc(N(C)C)c1. The zero-order valence-corrected chi connectivity index (χ0v) is 15.3. The van der Waals surface area contributed by atoms with Crippen molar-refractivity contribution in [1.29, 1.82) is 0 Å². The predicted molar refractivity (Wildman–Crippen MR) is 103 cm³/mol. The maximum atomic E-state index is 4.17. The summed E-state index contributed by atoms with van der Waals surface area (Å²) in [6.07, 6.45) is 0. The number of hydrogen-bond donors (Lipinski definition) is 0. The fraction of sp³-hybridized carbons (Fsp3) is 0.263. The van der Waals surface area contributed by atoms with Gasteiger partial charge in [-0.25, -0.2) is 0 Å². The summed E-state index contributed by atoms with van der Waals surface area (Å²) in [5.41, 5.74) is 4.65. The highest BCUT2D eigenvalue weighted by Gasteiger charge is 2.29. The van der Waals surface area contributed by atoms with E-state index in [0.29, 0.717) is 0 Å². The lowest BCUT2D eigenvalue weighted by Gasteiger charge is -2.27. The molecule has 0 bridgehead atoms. The first-order valence-corrected chi connectivity index (χ1v) is 10.2. The molecule has 0 fully saturated rings. The molecule has 0 aliphatic heterocycles. The second kappa shape index (κ2) is 6.40. The van der Waals surface area contributed by atoms with Gasteiger partial charge in [-0.15, -0.1) is 6.58 Å². The van der Waals surface area contributed by atoms with Gasteiger partial charge >= 0.3 is 0 Å². The van der Waals surface area contributed by atoms with Gasteiger partial charge in [0.25, 0.3) is 0 Å². The van der Waals surface area contributed by atoms with Gasteiger partial charge in [-0.1, -0.05) is 36.5 Å². The molecule has 0 aromatic heterocycles. The Morgan fingerprint density at radius 3 is 1.55 bits per heavy atom. The maximum Gasteiger partial charge on any atom is 0.137 e. The van der Waals surface area contributed by atoms with Crippen LogP contribution in [0.5, 0.6) is 0 Å². The molecule has 0 unspecified atom stereocenters. The first-order chi connectivity index (χ1) is 10.4. The van der Waals surface area contributed by atoms with Gasteiger partial charge in [0.05, 0.1) is 0 Å². The van der Waals surface area contributed by atoms with E-state index < -0.39 is 8.07 Å². The van der Waals surface area contributed by atoms with Crippen molar-refractivity contribution >= 4 is 29.8 Å². The van der Waals surface area contributed by atoms with Gasteiger partial charge in [-0.2, -0.15) is 0 Å². The van der Waals surface area contributed by atoms with E-state index in [9.17, 15) is 0 Å². The second-order valence-electron chi connectivity index (χ2n) is 6.30. The third kappa shape index (κ3) is 3.09. The highest BCUT2D eigenvalue weighted by Crippen LogP contribution is 2.16. The van der Waals surface area contributed by atoms with E-state index >= 15 is 0 Å². The van der Waals surface area contributed by atoms with E-state index in [1.165, 1.54) is 21.7 Å². The van der Waals surface area contributed by atoms with E-state index in [0.717, 1.165) is 0 Å². The van der Waals surface area contributed by atoms with Crippen LogP contribution in [0.3, 0.4) is 0 Å². The Labute approximate surface area is 135 Å². The zero-order chi connectivity index (χ0) is 16.3. The number of nitrogens with zero attached hydrogens (tertiary/aromatic N) is 2. The van der Waals surface area contributed by atoms with Crippen LogP contribution in [0.25, 0.3) is 0 Å². The minimum Gasteiger partial charge on any atom is -0.378 e. The summed E-state index contributed by atoms with van der Waals surface area (Å²) < 4.78 is 0. The quantitative estimate of drug-likeness (QED) is 0.784. The van der Waals surface area contributed by atoms with Crippen LogP contribution in [0.15, 0.2) is 60.8 Å². The molecule has 0 N–H and O–H groups in total. The molecule has 0 radical (unpaired) electrons. The molecular formula is C19H26N2Si.